The molecular formula is C19H22N2O3. The van der Waals surface area contributed by atoms with Crippen LogP contribution in [-0.2, 0) is 11.3 Å². The van der Waals surface area contributed by atoms with Gasteiger partial charge in [-0.2, -0.15) is 0 Å². The molecule has 1 saturated heterocycles. The van der Waals surface area contributed by atoms with Gasteiger partial charge < -0.3 is 14.4 Å². The van der Waals surface area contributed by atoms with Gasteiger partial charge in [-0.1, -0.05) is 37.3 Å². The maximum atomic E-state index is 12.5. The highest BCUT2D eigenvalue weighted by atomic mass is 16.5. The monoisotopic (exact) mass is 326 g/mol. The molecule has 0 spiro atoms. The number of ether oxygens (including phenoxy) is 2. The largest absolute Gasteiger partial charge is 0.473 e. The van der Waals surface area contributed by atoms with E-state index in [1.807, 2.05) is 35.2 Å². The average molecular weight is 326 g/mol. The Labute approximate surface area is 142 Å². The van der Waals surface area contributed by atoms with Crippen molar-refractivity contribution in [2.75, 3.05) is 19.7 Å². The van der Waals surface area contributed by atoms with Gasteiger partial charge in [0.25, 0.3) is 5.91 Å². The summed E-state index contributed by atoms with van der Waals surface area (Å²) in [5, 5.41) is 0. The lowest BCUT2D eigenvalue weighted by molar-refractivity contribution is -0.0226. The maximum Gasteiger partial charge on any atom is 0.255 e. The van der Waals surface area contributed by atoms with Crippen molar-refractivity contribution in [3.63, 3.8) is 0 Å². The van der Waals surface area contributed by atoms with Crippen LogP contribution in [-0.4, -0.2) is 41.6 Å². The second kappa shape index (κ2) is 7.93. The van der Waals surface area contributed by atoms with Crippen molar-refractivity contribution >= 4 is 5.91 Å². The number of pyridine rings is 1. The van der Waals surface area contributed by atoms with Gasteiger partial charge in [0.1, 0.15) is 6.61 Å². The minimum absolute atomic E-state index is 0.00106. The van der Waals surface area contributed by atoms with Gasteiger partial charge in [-0.15, -0.1) is 0 Å². The summed E-state index contributed by atoms with van der Waals surface area (Å²) in [6.07, 6.45) is 2.62. The van der Waals surface area contributed by atoms with Crippen LogP contribution < -0.4 is 4.74 Å². The molecule has 126 valence electrons. The van der Waals surface area contributed by atoms with Gasteiger partial charge in [0.15, 0.2) is 0 Å². The smallest absolute Gasteiger partial charge is 0.255 e. The molecule has 1 aromatic heterocycles. The standard InChI is InChI=1S/C19H22N2O3/c1-2-17-13-21(10-11-23-17)19(22)16-8-9-18(20-12-16)24-14-15-6-4-3-5-7-15/h3-9,12,17H,2,10-11,13-14H2,1H3/t17-/m1/s1. The van der Waals surface area contributed by atoms with E-state index >= 15 is 0 Å². The topological polar surface area (TPSA) is 51.7 Å². The van der Waals surface area contributed by atoms with Gasteiger partial charge in [-0.3, -0.25) is 4.79 Å². The van der Waals surface area contributed by atoms with Crippen molar-refractivity contribution in [2.24, 2.45) is 0 Å². The van der Waals surface area contributed by atoms with Crippen LogP contribution in [0.15, 0.2) is 48.7 Å². The summed E-state index contributed by atoms with van der Waals surface area (Å²) >= 11 is 0. The molecule has 0 bridgehead atoms. The summed E-state index contributed by atoms with van der Waals surface area (Å²) in [6.45, 7) is 4.39. The first kappa shape index (κ1) is 16.5. The van der Waals surface area contributed by atoms with Crippen LogP contribution in [0.1, 0.15) is 29.3 Å². The predicted molar refractivity (Wildman–Crippen MR) is 90.9 cm³/mol. The molecule has 1 aliphatic heterocycles. The Morgan fingerprint density at radius 1 is 1.29 bits per heavy atom. The third-order valence-corrected chi connectivity index (χ3v) is 4.09. The molecular weight excluding hydrogens is 304 g/mol. The van der Waals surface area contributed by atoms with Crippen molar-refractivity contribution in [1.82, 2.24) is 9.88 Å². The summed E-state index contributed by atoms with van der Waals surface area (Å²) in [5.74, 6) is 0.516. The Kier molecular flexibility index (Phi) is 5.43. The molecule has 0 unspecified atom stereocenters. The lowest BCUT2D eigenvalue weighted by Gasteiger charge is -2.32. The first-order chi connectivity index (χ1) is 11.8. The molecule has 5 heteroatoms. The van der Waals surface area contributed by atoms with E-state index in [-0.39, 0.29) is 12.0 Å². The fraction of sp³-hybridized carbons (Fsp3) is 0.368. The second-order valence-corrected chi connectivity index (χ2v) is 5.81. The zero-order valence-corrected chi connectivity index (χ0v) is 13.9. The Bertz CT molecular complexity index is 658. The maximum absolute atomic E-state index is 12.5. The minimum atomic E-state index is -0.00106. The number of amides is 1. The number of carbonyl (C=O) groups is 1. The molecule has 1 aliphatic rings. The van der Waals surface area contributed by atoms with Crippen molar-refractivity contribution < 1.29 is 14.3 Å². The lowest BCUT2D eigenvalue weighted by Crippen LogP contribution is -2.45. The zero-order chi connectivity index (χ0) is 16.8. The number of benzene rings is 1. The summed E-state index contributed by atoms with van der Waals surface area (Å²) in [6, 6.07) is 13.4. The van der Waals surface area contributed by atoms with Crippen molar-refractivity contribution in [1.29, 1.82) is 0 Å². The molecule has 2 heterocycles. The number of nitrogens with zero attached hydrogens (tertiary/aromatic N) is 2. The molecule has 1 amide bonds. The van der Waals surface area contributed by atoms with Gasteiger partial charge in [0, 0.05) is 25.4 Å². The van der Waals surface area contributed by atoms with Gasteiger partial charge in [0.05, 0.1) is 18.3 Å². The lowest BCUT2D eigenvalue weighted by atomic mass is 10.2. The highest BCUT2D eigenvalue weighted by Crippen LogP contribution is 2.15. The zero-order valence-electron chi connectivity index (χ0n) is 13.9. The molecule has 1 atom stereocenters. The van der Waals surface area contributed by atoms with Crippen molar-refractivity contribution in [3.8, 4) is 5.88 Å². The Morgan fingerprint density at radius 3 is 2.83 bits per heavy atom. The van der Waals surface area contributed by atoms with E-state index in [4.69, 9.17) is 9.47 Å². The number of hydrogen-bond acceptors (Lipinski definition) is 4. The number of morpholine rings is 1. The Balaban J connectivity index is 1.58. The first-order valence-electron chi connectivity index (χ1n) is 8.30. The van der Waals surface area contributed by atoms with Crippen LogP contribution in [0.3, 0.4) is 0 Å². The van der Waals surface area contributed by atoms with Crippen LogP contribution in [0.4, 0.5) is 0 Å². The van der Waals surface area contributed by atoms with Crippen LogP contribution >= 0.6 is 0 Å². The normalized spacial score (nSPS) is 17.5. The van der Waals surface area contributed by atoms with Crippen molar-refractivity contribution in [3.05, 3.63) is 59.8 Å². The van der Waals surface area contributed by atoms with E-state index in [1.165, 1.54) is 0 Å². The van der Waals surface area contributed by atoms with Crippen LogP contribution in [0.25, 0.3) is 0 Å². The summed E-state index contributed by atoms with van der Waals surface area (Å²) in [5.41, 5.74) is 1.66. The van der Waals surface area contributed by atoms with E-state index in [2.05, 4.69) is 11.9 Å². The number of aromatic nitrogens is 1. The summed E-state index contributed by atoms with van der Waals surface area (Å²) in [4.78, 5) is 18.6. The Hall–Kier alpha value is -2.40. The molecule has 0 radical (unpaired) electrons. The van der Waals surface area contributed by atoms with E-state index in [0.29, 0.717) is 37.7 Å². The predicted octanol–water partition coefficient (Wildman–Crippen LogP) is 2.91. The number of rotatable bonds is 5. The summed E-state index contributed by atoms with van der Waals surface area (Å²) < 4.78 is 11.3. The first-order valence-corrected chi connectivity index (χ1v) is 8.30. The SMILES string of the molecule is CC[C@@H]1CN(C(=O)c2ccc(OCc3ccccc3)nc2)CCO1. The molecule has 24 heavy (non-hydrogen) atoms. The van der Waals surface area contributed by atoms with Gasteiger partial charge in [-0.05, 0) is 18.1 Å². The fourth-order valence-electron chi connectivity index (χ4n) is 2.66. The van der Waals surface area contributed by atoms with Crippen molar-refractivity contribution in [2.45, 2.75) is 26.1 Å². The molecule has 3 rings (SSSR count). The molecule has 0 N–H and O–H groups in total. The highest BCUT2D eigenvalue weighted by molar-refractivity contribution is 5.94. The third-order valence-electron chi connectivity index (χ3n) is 4.09. The average Bonchev–Trinajstić information content (AvgIpc) is 2.67. The van der Waals surface area contributed by atoms with Crippen LogP contribution in [0, 0.1) is 0 Å². The van der Waals surface area contributed by atoms with E-state index in [9.17, 15) is 4.79 Å². The number of carbonyl (C=O) groups excluding carboxylic acids is 1. The molecule has 2 aromatic rings. The second-order valence-electron chi connectivity index (χ2n) is 5.81. The highest BCUT2D eigenvalue weighted by Gasteiger charge is 2.24. The quantitative estimate of drug-likeness (QED) is 0.848. The molecule has 0 saturated carbocycles. The molecule has 0 aliphatic carbocycles. The van der Waals surface area contributed by atoms with E-state index in [0.717, 1.165) is 12.0 Å². The minimum Gasteiger partial charge on any atom is -0.473 e. The van der Waals surface area contributed by atoms with Gasteiger partial charge in [-0.25, -0.2) is 4.98 Å². The summed E-state index contributed by atoms with van der Waals surface area (Å²) in [7, 11) is 0. The fourth-order valence-corrected chi connectivity index (χ4v) is 2.66. The van der Waals surface area contributed by atoms with E-state index < -0.39 is 0 Å². The molecule has 1 fully saturated rings. The van der Waals surface area contributed by atoms with Gasteiger partial charge >= 0.3 is 0 Å². The van der Waals surface area contributed by atoms with Gasteiger partial charge in [0.2, 0.25) is 5.88 Å². The number of hydrogen-bond donors (Lipinski definition) is 0. The molecule has 1 aromatic carbocycles. The van der Waals surface area contributed by atoms with Crippen LogP contribution in [0.2, 0.25) is 0 Å². The molecule has 5 nitrogen and oxygen atoms in total. The van der Waals surface area contributed by atoms with E-state index in [1.54, 1.807) is 18.3 Å². The van der Waals surface area contributed by atoms with Crippen LogP contribution in [0.5, 0.6) is 5.88 Å². The Morgan fingerprint density at radius 2 is 2.12 bits per heavy atom. The third kappa shape index (κ3) is 4.11.